The average molecular weight is 275 g/mol. The van der Waals surface area contributed by atoms with Gasteiger partial charge in [0.15, 0.2) is 0 Å². The Bertz CT molecular complexity index is 418. The maximum Gasteiger partial charge on any atom is 0.310 e. The lowest BCUT2D eigenvalue weighted by atomic mass is 9.84. The smallest absolute Gasteiger partial charge is 0.310 e. The summed E-state index contributed by atoms with van der Waals surface area (Å²) in [6.07, 6.45) is 4.31. The monoisotopic (exact) mass is 275 g/mol. The third kappa shape index (κ3) is 3.83. The summed E-state index contributed by atoms with van der Waals surface area (Å²) in [6, 6.07) is 10.9. The molecule has 0 saturated heterocycles. The first kappa shape index (κ1) is 15.0. The van der Waals surface area contributed by atoms with Crippen LogP contribution in [0, 0.1) is 5.92 Å². The molecule has 0 bridgehead atoms. The lowest BCUT2D eigenvalue weighted by Crippen LogP contribution is -2.43. The maximum absolute atomic E-state index is 12.1. The van der Waals surface area contributed by atoms with Gasteiger partial charge in [0, 0.05) is 12.1 Å². The number of rotatable bonds is 5. The van der Waals surface area contributed by atoms with E-state index in [4.69, 9.17) is 4.74 Å². The Kier molecular flexibility index (Phi) is 5.60. The molecule has 3 heteroatoms. The minimum Gasteiger partial charge on any atom is -0.466 e. The van der Waals surface area contributed by atoms with Gasteiger partial charge in [0.2, 0.25) is 0 Å². The van der Waals surface area contributed by atoms with Crippen LogP contribution in [-0.4, -0.2) is 18.6 Å². The van der Waals surface area contributed by atoms with E-state index in [2.05, 4.69) is 36.5 Å². The van der Waals surface area contributed by atoms with Gasteiger partial charge in [-0.05, 0) is 32.3 Å². The number of hydrogen-bond donors (Lipinski definition) is 1. The quantitative estimate of drug-likeness (QED) is 0.836. The van der Waals surface area contributed by atoms with Gasteiger partial charge >= 0.3 is 5.97 Å². The standard InChI is InChI=1S/C17H25NO2/c1-3-20-17(19)15-11-7-8-12-16(15)18-13(2)14-9-5-4-6-10-14/h4-6,9-10,13,15-16,18H,3,7-8,11-12H2,1-2H3/t13-,15+,16+/m0/s1. The van der Waals surface area contributed by atoms with Crippen LogP contribution in [0.4, 0.5) is 0 Å². The minimum absolute atomic E-state index is 0.00913. The van der Waals surface area contributed by atoms with Gasteiger partial charge in [-0.2, -0.15) is 0 Å². The largest absolute Gasteiger partial charge is 0.466 e. The summed E-state index contributed by atoms with van der Waals surface area (Å²) in [4.78, 5) is 12.1. The SMILES string of the molecule is CCOC(=O)[C@@H]1CCCC[C@H]1N[C@@H](C)c1ccccc1. The number of hydrogen-bond acceptors (Lipinski definition) is 3. The van der Waals surface area contributed by atoms with Crippen molar-refractivity contribution in [2.75, 3.05) is 6.61 Å². The number of carbonyl (C=O) groups excluding carboxylic acids is 1. The highest BCUT2D eigenvalue weighted by atomic mass is 16.5. The Morgan fingerprint density at radius 3 is 2.70 bits per heavy atom. The Morgan fingerprint density at radius 1 is 1.30 bits per heavy atom. The van der Waals surface area contributed by atoms with Crippen molar-refractivity contribution in [2.45, 2.75) is 51.6 Å². The average Bonchev–Trinajstić information content (AvgIpc) is 2.49. The molecule has 110 valence electrons. The van der Waals surface area contributed by atoms with Crippen molar-refractivity contribution in [3.05, 3.63) is 35.9 Å². The number of carbonyl (C=O) groups is 1. The molecule has 3 atom stereocenters. The molecule has 1 aromatic rings. The Morgan fingerprint density at radius 2 is 2.00 bits per heavy atom. The van der Waals surface area contributed by atoms with Crippen molar-refractivity contribution in [3.8, 4) is 0 Å². The Labute approximate surface area is 121 Å². The van der Waals surface area contributed by atoms with Crippen LogP contribution in [0.2, 0.25) is 0 Å². The van der Waals surface area contributed by atoms with Crippen molar-refractivity contribution in [2.24, 2.45) is 5.92 Å². The zero-order valence-corrected chi connectivity index (χ0v) is 12.5. The summed E-state index contributed by atoms with van der Waals surface area (Å²) < 4.78 is 5.22. The normalized spacial score (nSPS) is 24.1. The van der Waals surface area contributed by atoms with Gasteiger partial charge in [-0.1, -0.05) is 43.2 Å². The maximum atomic E-state index is 12.1. The molecule has 1 aromatic carbocycles. The predicted octanol–water partition coefficient (Wildman–Crippen LogP) is 3.46. The highest BCUT2D eigenvalue weighted by molar-refractivity contribution is 5.73. The van der Waals surface area contributed by atoms with Crippen molar-refractivity contribution in [1.29, 1.82) is 0 Å². The molecule has 1 N–H and O–H groups in total. The van der Waals surface area contributed by atoms with E-state index < -0.39 is 0 Å². The van der Waals surface area contributed by atoms with Crippen LogP contribution in [0.5, 0.6) is 0 Å². The molecule has 0 aliphatic heterocycles. The Balaban J connectivity index is 2.00. The third-order valence-electron chi connectivity index (χ3n) is 4.12. The van der Waals surface area contributed by atoms with Crippen molar-refractivity contribution in [1.82, 2.24) is 5.32 Å². The lowest BCUT2D eigenvalue weighted by Gasteiger charge is -2.33. The van der Waals surface area contributed by atoms with Crippen molar-refractivity contribution >= 4 is 5.97 Å². The van der Waals surface area contributed by atoms with E-state index in [9.17, 15) is 4.79 Å². The zero-order chi connectivity index (χ0) is 14.4. The van der Waals surface area contributed by atoms with Gasteiger partial charge in [0.05, 0.1) is 12.5 Å². The van der Waals surface area contributed by atoms with E-state index in [1.54, 1.807) is 0 Å². The van der Waals surface area contributed by atoms with E-state index in [-0.39, 0.29) is 24.0 Å². The highest BCUT2D eigenvalue weighted by Gasteiger charge is 2.32. The molecule has 0 heterocycles. The molecule has 20 heavy (non-hydrogen) atoms. The third-order valence-corrected chi connectivity index (χ3v) is 4.12. The van der Waals surface area contributed by atoms with Gasteiger partial charge in [-0.15, -0.1) is 0 Å². The topological polar surface area (TPSA) is 38.3 Å². The second-order valence-electron chi connectivity index (χ2n) is 5.55. The molecule has 1 saturated carbocycles. The first-order chi connectivity index (χ1) is 9.72. The van der Waals surface area contributed by atoms with E-state index in [1.165, 1.54) is 12.0 Å². The van der Waals surface area contributed by atoms with E-state index in [0.717, 1.165) is 19.3 Å². The molecular weight excluding hydrogens is 250 g/mol. The summed E-state index contributed by atoms with van der Waals surface area (Å²) in [5.74, 6) is -0.0279. The number of esters is 1. The molecular formula is C17H25NO2. The molecule has 0 spiro atoms. The van der Waals surface area contributed by atoms with Crippen LogP contribution >= 0.6 is 0 Å². The predicted molar refractivity (Wildman–Crippen MR) is 80.4 cm³/mol. The summed E-state index contributed by atoms with van der Waals surface area (Å²) in [5.41, 5.74) is 1.26. The van der Waals surface area contributed by atoms with Crippen LogP contribution in [0.3, 0.4) is 0 Å². The fraction of sp³-hybridized carbons (Fsp3) is 0.588. The summed E-state index contributed by atoms with van der Waals surface area (Å²) in [7, 11) is 0. The summed E-state index contributed by atoms with van der Waals surface area (Å²) in [5, 5.41) is 3.62. The fourth-order valence-electron chi connectivity index (χ4n) is 3.02. The molecule has 3 nitrogen and oxygen atoms in total. The van der Waals surface area contributed by atoms with Gasteiger partial charge in [0.1, 0.15) is 0 Å². The Hall–Kier alpha value is -1.35. The van der Waals surface area contributed by atoms with Gasteiger partial charge in [0.25, 0.3) is 0 Å². The zero-order valence-electron chi connectivity index (χ0n) is 12.5. The molecule has 1 aliphatic carbocycles. The molecule has 2 rings (SSSR count). The molecule has 0 unspecified atom stereocenters. The van der Waals surface area contributed by atoms with Crippen molar-refractivity contribution < 1.29 is 9.53 Å². The van der Waals surface area contributed by atoms with Crippen LogP contribution in [0.25, 0.3) is 0 Å². The number of ether oxygens (including phenoxy) is 1. The molecule has 0 amide bonds. The first-order valence-corrected chi connectivity index (χ1v) is 7.70. The van der Waals surface area contributed by atoms with Crippen LogP contribution in [0.1, 0.15) is 51.1 Å². The van der Waals surface area contributed by atoms with E-state index >= 15 is 0 Å². The summed E-state index contributed by atoms with van der Waals surface area (Å²) in [6.45, 7) is 4.50. The van der Waals surface area contributed by atoms with E-state index in [1.807, 2.05) is 13.0 Å². The van der Waals surface area contributed by atoms with Gasteiger partial charge in [-0.25, -0.2) is 0 Å². The van der Waals surface area contributed by atoms with Crippen LogP contribution < -0.4 is 5.32 Å². The number of nitrogens with one attached hydrogen (secondary N) is 1. The molecule has 0 aromatic heterocycles. The lowest BCUT2D eigenvalue weighted by molar-refractivity contribution is -0.150. The first-order valence-electron chi connectivity index (χ1n) is 7.70. The second kappa shape index (κ2) is 7.44. The van der Waals surface area contributed by atoms with Gasteiger partial charge < -0.3 is 10.1 Å². The fourth-order valence-corrected chi connectivity index (χ4v) is 3.02. The molecule has 1 aliphatic rings. The van der Waals surface area contributed by atoms with Crippen molar-refractivity contribution in [3.63, 3.8) is 0 Å². The summed E-state index contributed by atoms with van der Waals surface area (Å²) >= 11 is 0. The molecule has 0 radical (unpaired) electrons. The van der Waals surface area contributed by atoms with Gasteiger partial charge in [-0.3, -0.25) is 4.79 Å². The minimum atomic E-state index is -0.0371. The van der Waals surface area contributed by atoms with E-state index in [0.29, 0.717) is 6.61 Å². The molecule has 1 fully saturated rings. The van der Waals surface area contributed by atoms with Crippen LogP contribution in [-0.2, 0) is 9.53 Å². The second-order valence-corrected chi connectivity index (χ2v) is 5.55. The number of benzene rings is 1. The highest BCUT2D eigenvalue weighted by Crippen LogP contribution is 2.27. The van der Waals surface area contributed by atoms with Crippen LogP contribution in [0.15, 0.2) is 30.3 Å².